The zero-order valence-corrected chi connectivity index (χ0v) is 16.0. The van der Waals surface area contributed by atoms with Crippen LogP contribution < -0.4 is 10.6 Å². The van der Waals surface area contributed by atoms with Gasteiger partial charge in [-0.05, 0) is 35.9 Å². The molecule has 3 aromatic heterocycles. The number of anilines is 1. The first-order valence-corrected chi connectivity index (χ1v) is 9.12. The van der Waals surface area contributed by atoms with Crippen molar-refractivity contribution in [3.8, 4) is 5.75 Å². The molecule has 9 nitrogen and oxygen atoms in total. The Morgan fingerprint density at radius 1 is 1.07 bits per heavy atom. The standard InChI is InChI=1S/C21H18N6O3/c1-27-19-14(12-25-27)4-2-5-15(19)20(29)24-11-13-7-9-22-17(10-13)26-21(30)18-16(28)6-3-8-23-18/h2-10,12,28H,11H2,1H3,(H,24,29)(H,22,26,30). The second-order valence-electron chi connectivity index (χ2n) is 6.57. The van der Waals surface area contributed by atoms with Crippen molar-refractivity contribution in [1.29, 1.82) is 0 Å². The van der Waals surface area contributed by atoms with E-state index in [4.69, 9.17) is 0 Å². The van der Waals surface area contributed by atoms with E-state index in [1.54, 1.807) is 36.1 Å². The first kappa shape index (κ1) is 19.1. The van der Waals surface area contributed by atoms with Crippen LogP contribution in [-0.2, 0) is 13.6 Å². The highest BCUT2D eigenvalue weighted by molar-refractivity contribution is 6.05. The molecule has 3 N–H and O–H groups in total. The van der Waals surface area contributed by atoms with E-state index >= 15 is 0 Å². The van der Waals surface area contributed by atoms with Gasteiger partial charge in [-0.15, -0.1) is 0 Å². The zero-order chi connectivity index (χ0) is 21.1. The average molecular weight is 402 g/mol. The van der Waals surface area contributed by atoms with Gasteiger partial charge >= 0.3 is 0 Å². The fraction of sp³-hybridized carbons (Fsp3) is 0.0952. The lowest BCUT2D eigenvalue weighted by atomic mass is 10.1. The Kier molecular flexibility index (Phi) is 5.08. The molecule has 0 radical (unpaired) electrons. The molecule has 0 fully saturated rings. The number of aryl methyl sites for hydroxylation is 1. The number of amides is 2. The summed E-state index contributed by atoms with van der Waals surface area (Å²) in [7, 11) is 1.79. The maximum atomic E-state index is 12.7. The molecular formula is C21H18N6O3. The highest BCUT2D eigenvalue weighted by atomic mass is 16.3. The number of benzene rings is 1. The zero-order valence-electron chi connectivity index (χ0n) is 16.0. The molecule has 0 aliphatic heterocycles. The van der Waals surface area contributed by atoms with Gasteiger partial charge < -0.3 is 15.7 Å². The number of carbonyl (C=O) groups is 2. The van der Waals surface area contributed by atoms with Crippen LogP contribution in [0.25, 0.3) is 10.9 Å². The van der Waals surface area contributed by atoms with E-state index in [1.165, 1.54) is 24.5 Å². The average Bonchev–Trinajstić information content (AvgIpc) is 3.13. The van der Waals surface area contributed by atoms with E-state index < -0.39 is 5.91 Å². The van der Waals surface area contributed by atoms with Crippen molar-refractivity contribution >= 4 is 28.5 Å². The van der Waals surface area contributed by atoms with Crippen LogP contribution in [0.15, 0.2) is 61.1 Å². The monoisotopic (exact) mass is 402 g/mol. The summed E-state index contributed by atoms with van der Waals surface area (Å²) in [6, 6.07) is 11.7. The summed E-state index contributed by atoms with van der Waals surface area (Å²) in [6.45, 7) is 0.243. The number of hydrogen-bond acceptors (Lipinski definition) is 6. The topological polar surface area (TPSA) is 122 Å². The largest absolute Gasteiger partial charge is 0.505 e. The van der Waals surface area contributed by atoms with Gasteiger partial charge in [0, 0.05) is 31.4 Å². The molecule has 0 saturated heterocycles. The second kappa shape index (κ2) is 8.00. The van der Waals surface area contributed by atoms with Crippen LogP contribution in [0.1, 0.15) is 26.4 Å². The summed E-state index contributed by atoms with van der Waals surface area (Å²) in [5.74, 6) is -0.747. The predicted molar refractivity (Wildman–Crippen MR) is 110 cm³/mol. The molecule has 1 aromatic carbocycles. The number of carbonyl (C=O) groups excluding carboxylic acids is 2. The Morgan fingerprint density at radius 3 is 2.77 bits per heavy atom. The Bertz CT molecular complexity index is 1250. The number of hydrogen-bond donors (Lipinski definition) is 3. The smallest absolute Gasteiger partial charge is 0.279 e. The molecule has 30 heavy (non-hydrogen) atoms. The quantitative estimate of drug-likeness (QED) is 0.471. The van der Waals surface area contributed by atoms with E-state index in [1.807, 2.05) is 12.1 Å². The summed E-state index contributed by atoms with van der Waals surface area (Å²) in [6.07, 6.45) is 4.65. The van der Waals surface area contributed by atoms with Gasteiger partial charge in [-0.2, -0.15) is 5.10 Å². The molecule has 2 amide bonds. The van der Waals surface area contributed by atoms with Crippen molar-refractivity contribution in [3.05, 3.63) is 77.9 Å². The van der Waals surface area contributed by atoms with Gasteiger partial charge in [0.1, 0.15) is 11.6 Å². The lowest BCUT2D eigenvalue weighted by Crippen LogP contribution is -2.23. The Balaban J connectivity index is 1.46. The Hall–Kier alpha value is -4.27. The van der Waals surface area contributed by atoms with Gasteiger partial charge in [0.15, 0.2) is 5.69 Å². The SMILES string of the molecule is Cn1ncc2cccc(C(=O)NCc3ccnc(NC(=O)c4ncccc4O)c3)c21. The molecule has 4 rings (SSSR count). The van der Waals surface area contributed by atoms with Gasteiger partial charge in [-0.3, -0.25) is 14.3 Å². The van der Waals surface area contributed by atoms with E-state index in [0.717, 1.165) is 16.5 Å². The summed E-state index contributed by atoms with van der Waals surface area (Å²) >= 11 is 0. The first-order valence-electron chi connectivity index (χ1n) is 9.12. The maximum absolute atomic E-state index is 12.7. The first-order chi connectivity index (χ1) is 14.5. The van der Waals surface area contributed by atoms with Crippen LogP contribution in [0.2, 0.25) is 0 Å². The van der Waals surface area contributed by atoms with Crippen LogP contribution in [0.3, 0.4) is 0 Å². The lowest BCUT2D eigenvalue weighted by molar-refractivity contribution is 0.0951. The molecule has 0 atom stereocenters. The van der Waals surface area contributed by atoms with Crippen molar-refractivity contribution in [3.63, 3.8) is 0 Å². The van der Waals surface area contributed by atoms with Crippen molar-refractivity contribution in [2.75, 3.05) is 5.32 Å². The Morgan fingerprint density at radius 2 is 1.93 bits per heavy atom. The highest BCUT2D eigenvalue weighted by Gasteiger charge is 2.15. The number of nitrogens with zero attached hydrogens (tertiary/aromatic N) is 4. The Labute approximate surface area is 171 Å². The van der Waals surface area contributed by atoms with Crippen LogP contribution in [0, 0.1) is 0 Å². The lowest BCUT2D eigenvalue weighted by Gasteiger charge is -2.09. The molecular weight excluding hydrogens is 384 g/mol. The van der Waals surface area contributed by atoms with Crippen molar-refractivity contribution in [1.82, 2.24) is 25.1 Å². The number of aromatic nitrogens is 4. The van der Waals surface area contributed by atoms with Gasteiger partial charge in [-0.1, -0.05) is 12.1 Å². The number of rotatable bonds is 5. The third-order valence-electron chi connectivity index (χ3n) is 4.53. The van der Waals surface area contributed by atoms with Crippen molar-refractivity contribution < 1.29 is 14.7 Å². The normalized spacial score (nSPS) is 10.7. The minimum Gasteiger partial charge on any atom is -0.505 e. The molecule has 4 aromatic rings. The number of nitrogens with one attached hydrogen (secondary N) is 2. The second-order valence-corrected chi connectivity index (χ2v) is 6.57. The van der Waals surface area contributed by atoms with Crippen LogP contribution in [0.5, 0.6) is 5.75 Å². The fourth-order valence-electron chi connectivity index (χ4n) is 3.09. The molecule has 0 aliphatic rings. The van der Waals surface area contributed by atoms with Gasteiger partial charge in [0.2, 0.25) is 0 Å². The van der Waals surface area contributed by atoms with Gasteiger partial charge in [0.05, 0.1) is 17.3 Å². The molecule has 0 spiro atoms. The van der Waals surface area contributed by atoms with E-state index in [-0.39, 0.29) is 29.7 Å². The summed E-state index contributed by atoms with van der Waals surface area (Å²) < 4.78 is 1.66. The van der Waals surface area contributed by atoms with Crippen molar-refractivity contribution in [2.45, 2.75) is 6.54 Å². The van der Waals surface area contributed by atoms with E-state index in [2.05, 4.69) is 25.7 Å². The third kappa shape index (κ3) is 3.81. The molecule has 150 valence electrons. The minimum atomic E-state index is -0.579. The number of fused-ring (bicyclic) bond motifs is 1. The summed E-state index contributed by atoms with van der Waals surface area (Å²) in [5.41, 5.74) is 1.94. The molecule has 9 heteroatoms. The van der Waals surface area contributed by atoms with Crippen LogP contribution in [-0.4, -0.2) is 36.7 Å². The third-order valence-corrected chi connectivity index (χ3v) is 4.53. The fourth-order valence-corrected chi connectivity index (χ4v) is 3.09. The van der Waals surface area contributed by atoms with Crippen LogP contribution >= 0.6 is 0 Å². The number of para-hydroxylation sites is 1. The number of pyridine rings is 2. The molecule has 0 aliphatic carbocycles. The highest BCUT2D eigenvalue weighted by Crippen LogP contribution is 2.18. The van der Waals surface area contributed by atoms with Gasteiger partial charge in [-0.25, -0.2) is 9.97 Å². The maximum Gasteiger partial charge on any atom is 0.279 e. The van der Waals surface area contributed by atoms with E-state index in [0.29, 0.717) is 5.56 Å². The summed E-state index contributed by atoms with van der Waals surface area (Å²) in [4.78, 5) is 32.9. The van der Waals surface area contributed by atoms with Crippen molar-refractivity contribution in [2.24, 2.45) is 7.05 Å². The van der Waals surface area contributed by atoms with Crippen LogP contribution in [0.4, 0.5) is 5.82 Å². The molecule has 0 saturated carbocycles. The van der Waals surface area contributed by atoms with E-state index in [9.17, 15) is 14.7 Å². The number of aromatic hydroxyl groups is 1. The summed E-state index contributed by atoms with van der Waals surface area (Å²) in [5, 5.41) is 20.3. The minimum absolute atomic E-state index is 0.0951. The molecule has 0 bridgehead atoms. The molecule has 3 heterocycles. The molecule has 0 unspecified atom stereocenters. The van der Waals surface area contributed by atoms with Gasteiger partial charge in [0.25, 0.3) is 11.8 Å². The predicted octanol–water partition coefficient (Wildman–Crippen LogP) is 2.25.